The third-order valence-corrected chi connectivity index (χ3v) is 5.58. The second-order valence-electron chi connectivity index (χ2n) is 7.49. The Hall–Kier alpha value is -2.00. The molecule has 0 aromatic heterocycles. The van der Waals surface area contributed by atoms with Crippen LogP contribution in [0.15, 0.2) is 36.4 Å². The van der Waals surface area contributed by atoms with Gasteiger partial charge in [0.25, 0.3) is 0 Å². The molecule has 26 heavy (non-hydrogen) atoms. The van der Waals surface area contributed by atoms with Crippen molar-refractivity contribution in [3.8, 4) is 0 Å². The van der Waals surface area contributed by atoms with E-state index in [1.54, 1.807) is 0 Å². The highest BCUT2D eigenvalue weighted by molar-refractivity contribution is 5.57. The summed E-state index contributed by atoms with van der Waals surface area (Å²) < 4.78 is 0. The molecule has 0 saturated heterocycles. The predicted molar refractivity (Wildman–Crippen MR) is 111 cm³/mol. The first-order valence-corrected chi connectivity index (χ1v) is 9.89. The molecule has 4 rings (SSSR count). The zero-order valence-electron chi connectivity index (χ0n) is 16.5. The van der Waals surface area contributed by atoms with Gasteiger partial charge in [0.2, 0.25) is 0 Å². The van der Waals surface area contributed by atoms with Crippen LogP contribution in [0, 0.1) is 0 Å². The van der Waals surface area contributed by atoms with Gasteiger partial charge < -0.3 is 14.9 Å². The second-order valence-corrected chi connectivity index (χ2v) is 7.49. The van der Waals surface area contributed by atoms with Crippen molar-refractivity contribution in [2.24, 2.45) is 0 Å². The molecule has 0 spiro atoms. The lowest BCUT2D eigenvalue weighted by Gasteiger charge is -2.27. The molecule has 3 nitrogen and oxygen atoms in total. The van der Waals surface area contributed by atoms with E-state index >= 15 is 0 Å². The van der Waals surface area contributed by atoms with E-state index in [-0.39, 0.29) is 6.61 Å². The lowest BCUT2D eigenvalue weighted by atomic mass is 9.99. The van der Waals surface area contributed by atoms with E-state index in [9.17, 15) is 0 Å². The quantitative estimate of drug-likeness (QED) is 0.878. The van der Waals surface area contributed by atoms with Gasteiger partial charge in [-0.05, 0) is 66.5 Å². The number of aliphatic hydroxyl groups is 1. The third-order valence-electron chi connectivity index (χ3n) is 5.58. The van der Waals surface area contributed by atoms with Crippen LogP contribution in [0.4, 0.5) is 11.4 Å². The SMILES string of the molecule is CCc1ccc2c(c1)CCCN2C.CN1CCCc2cc(CO)ccc21. The number of rotatable bonds is 2. The van der Waals surface area contributed by atoms with Gasteiger partial charge in [-0.15, -0.1) is 0 Å². The number of fused-ring (bicyclic) bond motifs is 2. The fraction of sp³-hybridized carbons (Fsp3) is 0.478. The van der Waals surface area contributed by atoms with Gasteiger partial charge in [-0.25, -0.2) is 0 Å². The minimum atomic E-state index is 0.150. The largest absolute Gasteiger partial charge is 0.392 e. The maximum Gasteiger partial charge on any atom is 0.0681 e. The molecule has 0 radical (unpaired) electrons. The highest BCUT2D eigenvalue weighted by Crippen LogP contribution is 2.27. The molecule has 3 heteroatoms. The molecule has 0 bridgehead atoms. The highest BCUT2D eigenvalue weighted by atomic mass is 16.3. The Balaban J connectivity index is 0.000000151. The number of hydrogen-bond acceptors (Lipinski definition) is 3. The minimum Gasteiger partial charge on any atom is -0.392 e. The molecular formula is C23H32N2O. The summed E-state index contributed by atoms with van der Waals surface area (Å²) in [6, 6.07) is 13.1. The summed E-state index contributed by atoms with van der Waals surface area (Å²) in [5.74, 6) is 0. The van der Waals surface area contributed by atoms with Crippen molar-refractivity contribution in [2.75, 3.05) is 37.0 Å². The summed E-state index contributed by atoms with van der Waals surface area (Å²) in [4.78, 5) is 4.64. The van der Waals surface area contributed by atoms with E-state index in [1.807, 2.05) is 6.07 Å². The molecule has 140 valence electrons. The minimum absolute atomic E-state index is 0.150. The van der Waals surface area contributed by atoms with Gasteiger partial charge in [0.05, 0.1) is 6.61 Å². The van der Waals surface area contributed by atoms with E-state index in [0.717, 1.165) is 24.9 Å². The Labute approximate surface area is 158 Å². The monoisotopic (exact) mass is 352 g/mol. The first-order valence-electron chi connectivity index (χ1n) is 9.89. The molecule has 2 aromatic rings. The van der Waals surface area contributed by atoms with E-state index in [2.05, 4.69) is 61.2 Å². The zero-order valence-corrected chi connectivity index (χ0v) is 16.5. The smallest absolute Gasteiger partial charge is 0.0681 e. The van der Waals surface area contributed by atoms with Crippen molar-refractivity contribution < 1.29 is 5.11 Å². The Kier molecular flexibility index (Phi) is 6.20. The van der Waals surface area contributed by atoms with Gasteiger partial charge >= 0.3 is 0 Å². The first kappa shape index (κ1) is 18.8. The number of aryl methyl sites for hydroxylation is 3. The Morgan fingerprint density at radius 1 is 0.808 bits per heavy atom. The molecule has 0 aliphatic carbocycles. The van der Waals surface area contributed by atoms with Crippen molar-refractivity contribution in [3.63, 3.8) is 0 Å². The Morgan fingerprint density at radius 2 is 1.31 bits per heavy atom. The molecule has 2 aromatic carbocycles. The highest BCUT2D eigenvalue weighted by Gasteiger charge is 2.13. The molecule has 0 unspecified atom stereocenters. The molecule has 2 aliphatic rings. The van der Waals surface area contributed by atoms with Gasteiger partial charge in [0, 0.05) is 38.6 Å². The van der Waals surface area contributed by atoms with Crippen LogP contribution in [0.5, 0.6) is 0 Å². The molecule has 0 saturated carbocycles. The Morgan fingerprint density at radius 3 is 1.81 bits per heavy atom. The van der Waals surface area contributed by atoms with E-state index < -0.39 is 0 Å². The summed E-state index contributed by atoms with van der Waals surface area (Å²) in [7, 11) is 4.31. The lowest BCUT2D eigenvalue weighted by Crippen LogP contribution is -2.24. The van der Waals surface area contributed by atoms with Crippen LogP contribution in [0.1, 0.15) is 42.0 Å². The first-order chi connectivity index (χ1) is 12.6. The van der Waals surface area contributed by atoms with Crippen molar-refractivity contribution >= 4 is 11.4 Å². The van der Waals surface area contributed by atoms with Gasteiger partial charge in [0.15, 0.2) is 0 Å². The van der Waals surface area contributed by atoms with Crippen molar-refractivity contribution in [3.05, 3.63) is 58.7 Å². The number of hydrogen-bond donors (Lipinski definition) is 1. The maximum absolute atomic E-state index is 8.99. The molecule has 2 aliphatic heterocycles. The molecule has 1 N–H and O–H groups in total. The van der Waals surface area contributed by atoms with Gasteiger partial charge in [-0.3, -0.25) is 0 Å². The van der Waals surface area contributed by atoms with Gasteiger partial charge in [-0.1, -0.05) is 31.2 Å². The maximum atomic E-state index is 8.99. The molecular weight excluding hydrogens is 320 g/mol. The Bertz CT molecular complexity index is 677. The van der Waals surface area contributed by atoms with Crippen LogP contribution in [-0.4, -0.2) is 32.3 Å². The van der Waals surface area contributed by atoms with E-state index in [1.165, 1.54) is 53.9 Å². The van der Waals surface area contributed by atoms with Crippen LogP contribution < -0.4 is 9.80 Å². The average Bonchev–Trinajstić information content (AvgIpc) is 2.68. The van der Waals surface area contributed by atoms with Crippen LogP contribution in [0.3, 0.4) is 0 Å². The fourth-order valence-corrected chi connectivity index (χ4v) is 4.00. The number of benzene rings is 2. The lowest BCUT2D eigenvalue weighted by molar-refractivity contribution is 0.281. The van der Waals surface area contributed by atoms with Crippen LogP contribution in [0.25, 0.3) is 0 Å². The number of aliphatic hydroxyl groups excluding tert-OH is 1. The molecule has 0 amide bonds. The predicted octanol–water partition coefficient (Wildman–Crippen LogP) is 4.19. The average molecular weight is 353 g/mol. The number of nitrogens with zero attached hydrogens (tertiary/aromatic N) is 2. The summed E-state index contributed by atoms with van der Waals surface area (Å²) in [6.45, 7) is 4.72. The van der Waals surface area contributed by atoms with Crippen LogP contribution >= 0.6 is 0 Å². The van der Waals surface area contributed by atoms with Gasteiger partial charge in [0.1, 0.15) is 0 Å². The fourth-order valence-electron chi connectivity index (χ4n) is 4.00. The molecule has 2 heterocycles. The third kappa shape index (κ3) is 4.21. The zero-order chi connectivity index (χ0) is 18.5. The summed E-state index contributed by atoms with van der Waals surface area (Å²) in [5.41, 5.74) is 8.16. The van der Waals surface area contributed by atoms with Crippen LogP contribution in [0.2, 0.25) is 0 Å². The summed E-state index contributed by atoms with van der Waals surface area (Å²) in [5, 5.41) is 8.99. The van der Waals surface area contributed by atoms with Crippen molar-refractivity contribution in [2.45, 2.75) is 45.6 Å². The van der Waals surface area contributed by atoms with E-state index in [0.29, 0.717) is 0 Å². The summed E-state index contributed by atoms with van der Waals surface area (Å²) in [6.07, 6.45) is 6.08. The standard InChI is InChI=1S/C12H17N.C11H15NO/c1-3-10-6-7-12-11(9-10)5-4-8-13(12)2;1-12-6-2-3-10-7-9(8-13)4-5-11(10)12/h6-7,9H,3-5,8H2,1-2H3;4-5,7,13H,2-3,6,8H2,1H3. The van der Waals surface area contributed by atoms with E-state index in [4.69, 9.17) is 5.11 Å². The molecule has 0 atom stereocenters. The van der Waals surface area contributed by atoms with Gasteiger partial charge in [-0.2, -0.15) is 0 Å². The number of anilines is 2. The summed E-state index contributed by atoms with van der Waals surface area (Å²) >= 11 is 0. The topological polar surface area (TPSA) is 26.7 Å². The normalized spacial score (nSPS) is 15.7. The van der Waals surface area contributed by atoms with Crippen molar-refractivity contribution in [1.82, 2.24) is 0 Å². The second kappa shape index (κ2) is 8.59. The molecule has 0 fully saturated rings. The van der Waals surface area contributed by atoms with Crippen LogP contribution in [-0.2, 0) is 25.9 Å². The van der Waals surface area contributed by atoms with Crippen molar-refractivity contribution in [1.29, 1.82) is 0 Å².